The number of aromatic nitrogens is 4. The number of rotatable bonds is 12. The highest BCUT2D eigenvalue weighted by Crippen LogP contribution is 2.46. The van der Waals surface area contributed by atoms with Gasteiger partial charge in [-0.15, -0.1) is 0 Å². The summed E-state index contributed by atoms with van der Waals surface area (Å²) in [5, 5.41) is 6.14. The Bertz CT molecular complexity index is 1450. The van der Waals surface area contributed by atoms with E-state index in [0.717, 1.165) is 12.8 Å². The Hall–Kier alpha value is -3.47. The van der Waals surface area contributed by atoms with Gasteiger partial charge in [0.25, 0.3) is 0 Å². The zero-order valence-corrected chi connectivity index (χ0v) is 24.7. The third kappa shape index (κ3) is 7.63. The van der Waals surface area contributed by atoms with Gasteiger partial charge in [0.15, 0.2) is 17.0 Å². The number of imidazole rings is 1. The SMILES string of the molecule is C[C@H](NP(=O)(OC[C@@H]1C=C[C@H](n2cnc3c(NC4CC4)nc(N)nc32)C1)Oc1ccccc1)C(=O)OCC(C)(C)C. The van der Waals surface area contributed by atoms with Crippen LogP contribution in [0.3, 0.4) is 0 Å². The first kappa shape index (κ1) is 29.0. The highest BCUT2D eigenvalue weighted by atomic mass is 31.2. The number of nitrogens with zero attached hydrogens (tertiary/aromatic N) is 4. The fraction of sp³-hybridized carbons (Fsp3) is 0.500. The Kier molecular flexibility index (Phi) is 8.35. The van der Waals surface area contributed by atoms with E-state index in [4.69, 9.17) is 19.5 Å². The number of carbonyl (C=O) groups excluding carboxylic acids is 1. The molecule has 4 atom stereocenters. The number of carbonyl (C=O) groups is 1. The van der Waals surface area contributed by atoms with Gasteiger partial charge in [0.05, 0.1) is 25.6 Å². The van der Waals surface area contributed by atoms with Crippen LogP contribution < -0.4 is 20.7 Å². The Labute approximate surface area is 239 Å². The van der Waals surface area contributed by atoms with Crippen LogP contribution in [0.2, 0.25) is 0 Å². The highest BCUT2D eigenvalue weighted by molar-refractivity contribution is 7.52. The van der Waals surface area contributed by atoms with Gasteiger partial charge in [0.1, 0.15) is 11.8 Å². The molecule has 2 aliphatic carbocycles. The van der Waals surface area contributed by atoms with Crippen LogP contribution in [-0.2, 0) is 18.6 Å². The molecule has 1 aromatic carbocycles. The van der Waals surface area contributed by atoms with E-state index < -0.39 is 19.8 Å². The van der Waals surface area contributed by atoms with E-state index in [1.807, 2.05) is 43.6 Å². The molecule has 0 bridgehead atoms. The van der Waals surface area contributed by atoms with Gasteiger partial charge < -0.3 is 24.9 Å². The fourth-order valence-corrected chi connectivity index (χ4v) is 5.93. The molecule has 0 amide bonds. The van der Waals surface area contributed by atoms with Crippen LogP contribution in [0.25, 0.3) is 11.2 Å². The quantitative estimate of drug-likeness (QED) is 0.152. The second-order valence-electron chi connectivity index (χ2n) is 11.8. The van der Waals surface area contributed by atoms with Crippen molar-refractivity contribution >= 4 is 36.6 Å². The van der Waals surface area contributed by atoms with Crippen molar-refractivity contribution in [3.8, 4) is 5.75 Å². The largest absolute Gasteiger partial charge is 0.464 e. The maximum Gasteiger partial charge on any atom is 0.459 e. The maximum absolute atomic E-state index is 13.9. The van der Waals surface area contributed by atoms with Crippen LogP contribution in [0.4, 0.5) is 11.8 Å². The van der Waals surface area contributed by atoms with Gasteiger partial charge in [0.2, 0.25) is 5.95 Å². The molecule has 13 heteroatoms. The number of anilines is 2. The van der Waals surface area contributed by atoms with Gasteiger partial charge in [-0.3, -0.25) is 9.32 Å². The summed E-state index contributed by atoms with van der Waals surface area (Å²) in [4.78, 5) is 26.0. The molecule has 2 aromatic heterocycles. The minimum absolute atomic E-state index is 0.0506. The lowest BCUT2D eigenvalue weighted by molar-refractivity contribution is -0.148. The van der Waals surface area contributed by atoms with Crippen molar-refractivity contribution in [1.82, 2.24) is 24.6 Å². The minimum Gasteiger partial charge on any atom is -0.464 e. The number of ether oxygens (including phenoxy) is 1. The molecule has 5 rings (SSSR count). The van der Waals surface area contributed by atoms with Gasteiger partial charge >= 0.3 is 13.7 Å². The number of nitrogens with one attached hydrogen (secondary N) is 2. The first-order chi connectivity index (χ1) is 19.5. The summed E-state index contributed by atoms with van der Waals surface area (Å²) in [6, 6.07) is 8.14. The van der Waals surface area contributed by atoms with Crippen LogP contribution >= 0.6 is 7.75 Å². The molecule has 2 heterocycles. The lowest BCUT2D eigenvalue weighted by Gasteiger charge is -2.25. The Balaban J connectivity index is 1.25. The topological polar surface area (TPSA) is 156 Å². The molecule has 1 unspecified atom stereocenters. The van der Waals surface area contributed by atoms with Crippen LogP contribution in [0.1, 0.15) is 53.0 Å². The molecule has 1 saturated carbocycles. The predicted octanol–water partition coefficient (Wildman–Crippen LogP) is 4.87. The average molecular weight is 584 g/mol. The molecule has 4 N–H and O–H groups in total. The van der Waals surface area contributed by atoms with Gasteiger partial charge in [0, 0.05) is 12.0 Å². The molecule has 220 valence electrons. The summed E-state index contributed by atoms with van der Waals surface area (Å²) in [6.45, 7) is 7.80. The van der Waals surface area contributed by atoms with Crippen molar-refractivity contribution in [2.75, 3.05) is 24.3 Å². The summed E-state index contributed by atoms with van der Waals surface area (Å²) in [5.74, 6) is 0.583. The van der Waals surface area contributed by atoms with Crippen molar-refractivity contribution in [3.05, 3.63) is 48.8 Å². The highest BCUT2D eigenvalue weighted by Gasteiger charge is 2.34. The second kappa shape index (κ2) is 11.8. The van der Waals surface area contributed by atoms with Crippen LogP contribution in [0, 0.1) is 11.3 Å². The van der Waals surface area contributed by atoms with Crippen molar-refractivity contribution in [1.29, 1.82) is 0 Å². The Morgan fingerprint density at radius 1 is 1.20 bits per heavy atom. The average Bonchev–Trinajstić information content (AvgIpc) is 3.43. The smallest absolute Gasteiger partial charge is 0.459 e. The predicted molar refractivity (Wildman–Crippen MR) is 156 cm³/mol. The number of nitrogen functional groups attached to an aromatic ring is 1. The molecule has 1 fully saturated rings. The first-order valence-corrected chi connectivity index (χ1v) is 15.4. The zero-order valence-electron chi connectivity index (χ0n) is 23.8. The molecule has 41 heavy (non-hydrogen) atoms. The van der Waals surface area contributed by atoms with E-state index in [2.05, 4.69) is 25.4 Å². The number of benzene rings is 1. The molecule has 0 saturated heterocycles. The van der Waals surface area contributed by atoms with Gasteiger partial charge in [-0.1, -0.05) is 51.1 Å². The normalized spacial score (nSPS) is 21.0. The molecule has 2 aliphatic rings. The molecule has 0 aliphatic heterocycles. The van der Waals surface area contributed by atoms with Crippen molar-refractivity contribution in [2.45, 2.75) is 65.1 Å². The third-order valence-corrected chi connectivity index (χ3v) is 8.29. The van der Waals surface area contributed by atoms with E-state index in [9.17, 15) is 9.36 Å². The van der Waals surface area contributed by atoms with Gasteiger partial charge in [-0.2, -0.15) is 15.1 Å². The minimum atomic E-state index is -3.96. The van der Waals surface area contributed by atoms with E-state index in [0.29, 0.717) is 35.2 Å². The Morgan fingerprint density at radius 3 is 2.66 bits per heavy atom. The number of hydrogen-bond donors (Lipinski definition) is 3. The number of allylic oxidation sites excluding steroid dienone is 1. The number of para-hydroxylation sites is 1. The van der Waals surface area contributed by atoms with Crippen LogP contribution in [0.15, 0.2) is 48.8 Å². The monoisotopic (exact) mass is 583 g/mol. The maximum atomic E-state index is 13.9. The summed E-state index contributed by atoms with van der Waals surface area (Å²) in [5.41, 5.74) is 7.14. The van der Waals surface area contributed by atoms with Crippen molar-refractivity contribution in [2.24, 2.45) is 11.3 Å². The zero-order chi connectivity index (χ0) is 29.2. The lowest BCUT2D eigenvalue weighted by atomic mass is 9.99. The lowest BCUT2D eigenvalue weighted by Crippen LogP contribution is -2.36. The molecular weight excluding hydrogens is 545 g/mol. The summed E-state index contributed by atoms with van der Waals surface area (Å²) in [6.07, 6.45) is 8.66. The standard InChI is InChI=1S/C28H38N7O5P/c1-18(26(36)38-16-28(2,3)4)34-41(37,40-22-8-6-5-7-9-22)39-15-19-10-13-21(14-19)35-17-30-23-24(31-20-11-12-20)32-27(29)33-25(23)35/h5-10,13,17-21H,11-12,14-16H2,1-4H3,(H,34,37)(H3,29,31,32,33)/t18-,19+,21-,41?/m0/s1. The molecule has 0 radical (unpaired) electrons. The van der Waals surface area contributed by atoms with Gasteiger partial charge in [-0.25, -0.2) is 9.55 Å². The molecule has 3 aromatic rings. The Morgan fingerprint density at radius 2 is 1.95 bits per heavy atom. The molecule has 0 spiro atoms. The second-order valence-corrected chi connectivity index (χ2v) is 13.5. The number of fused-ring (bicyclic) bond motifs is 1. The summed E-state index contributed by atoms with van der Waals surface area (Å²) in [7, 11) is -3.96. The number of nitrogens with two attached hydrogens (primary N) is 1. The number of hydrogen-bond acceptors (Lipinski definition) is 10. The van der Waals surface area contributed by atoms with Crippen LogP contribution in [-0.4, -0.2) is 50.8 Å². The van der Waals surface area contributed by atoms with Crippen molar-refractivity contribution in [3.63, 3.8) is 0 Å². The number of esters is 1. The summed E-state index contributed by atoms with van der Waals surface area (Å²) < 4.78 is 32.9. The van der Waals surface area contributed by atoms with E-state index >= 15 is 0 Å². The summed E-state index contributed by atoms with van der Waals surface area (Å²) >= 11 is 0. The third-order valence-electron chi connectivity index (χ3n) is 6.64. The van der Waals surface area contributed by atoms with E-state index in [1.165, 1.54) is 0 Å². The molecule has 12 nitrogen and oxygen atoms in total. The van der Waals surface area contributed by atoms with Crippen molar-refractivity contribution < 1.29 is 23.1 Å². The van der Waals surface area contributed by atoms with Crippen LogP contribution in [0.5, 0.6) is 5.75 Å². The molecular formula is C28H38N7O5P. The first-order valence-electron chi connectivity index (χ1n) is 13.9. The van der Waals surface area contributed by atoms with E-state index in [1.54, 1.807) is 37.5 Å². The van der Waals surface area contributed by atoms with E-state index in [-0.39, 0.29) is 36.5 Å². The fourth-order valence-electron chi connectivity index (χ4n) is 4.39. The van der Waals surface area contributed by atoms with Gasteiger partial charge in [-0.05, 0) is 43.7 Å².